The lowest BCUT2D eigenvalue weighted by atomic mass is 10.3. The van der Waals surface area contributed by atoms with Gasteiger partial charge in [-0.3, -0.25) is 5.10 Å². The Morgan fingerprint density at radius 2 is 2.33 bits per heavy atom. The van der Waals surface area contributed by atoms with Gasteiger partial charge in [0.25, 0.3) is 10.0 Å². The summed E-state index contributed by atoms with van der Waals surface area (Å²) >= 11 is 0. The topological polar surface area (TPSA) is 95.5 Å². The van der Waals surface area contributed by atoms with Gasteiger partial charge in [0.2, 0.25) is 0 Å². The third-order valence-electron chi connectivity index (χ3n) is 3.22. The van der Waals surface area contributed by atoms with Crippen molar-refractivity contribution < 1.29 is 18.3 Å². The number of hydrogen-bond donors (Lipinski definition) is 2. The molecular formula is C10H17N3O4S. The number of aliphatic hydroxyl groups is 1. The van der Waals surface area contributed by atoms with Gasteiger partial charge in [0, 0.05) is 31.5 Å². The Labute approximate surface area is 106 Å². The number of nitrogens with one attached hydrogen (secondary N) is 1. The Morgan fingerprint density at radius 1 is 1.61 bits per heavy atom. The summed E-state index contributed by atoms with van der Waals surface area (Å²) in [6, 6.07) is 0. The predicted molar refractivity (Wildman–Crippen MR) is 63.4 cm³/mol. The van der Waals surface area contributed by atoms with E-state index in [-0.39, 0.29) is 17.7 Å². The Kier molecular flexibility index (Phi) is 3.71. The molecule has 2 rings (SSSR count). The van der Waals surface area contributed by atoms with Crippen LogP contribution < -0.4 is 0 Å². The standard InChI is InChI=1S/C10H17N3O4S/c1-7-9(6-14)10(12-11-7)18(15,16)13-4-3-8(5-13)17-2/h8,14H,3-6H2,1-2H3,(H,11,12). The van der Waals surface area contributed by atoms with E-state index in [9.17, 15) is 13.5 Å². The molecule has 1 aromatic heterocycles. The lowest BCUT2D eigenvalue weighted by Crippen LogP contribution is -2.31. The average Bonchev–Trinajstić information content (AvgIpc) is 2.95. The van der Waals surface area contributed by atoms with Crippen molar-refractivity contribution in [2.75, 3.05) is 20.2 Å². The highest BCUT2D eigenvalue weighted by Crippen LogP contribution is 2.24. The Bertz CT molecular complexity index is 525. The summed E-state index contributed by atoms with van der Waals surface area (Å²) in [4.78, 5) is 0. The number of aliphatic hydroxyl groups excluding tert-OH is 1. The zero-order valence-electron chi connectivity index (χ0n) is 10.4. The van der Waals surface area contributed by atoms with Crippen molar-refractivity contribution in [3.05, 3.63) is 11.3 Å². The second-order valence-corrected chi connectivity index (χ2v) is 6.15. The van der Waals surface area contributed by atoms with Crippen LogP contribution in [0.2, 0.25) is 0 Å². The quantitative estimate of drug-likeness (QED) is 0.781. The summed E-state index contributed by atoms with van der Waals surface area (Å²) in [5.41, 5.74) is 0.898. The lowest BCUT2D eigenvalue weighted by Gasteiger charge is -2.15. The van der Waals surface area contributed by atoms with E-state index < -0.39 is 10.0 Å². The number of aryl methyl sites for hydroxylation is 1. The van der Waals surface area contributed by atoms with Crippen LogP contribution in [0.5, 0.6) is 0 Å². The minimum absolute atomic E-state index is 0.0719. The molecule has 0 saturated carbocycles. The molecule has 0 bridgehead atoms. The number of hydrogen-bond acceptors (Lipinski definition) is 5. The summed E-state index contributed by atoms with van der Waals surface area (Å²) in [6.45, 7) is 2.07. The van der Waals surface area contributed by atoms with E-state index in [0.29, 0.717) is 30.8 Å². The van der Waals surface area contributed by atoms with Crippen LogP contribution >= 0.6 is 0 Å². The fourth-order valence-electron chi connectivity index (χ4n) is 2.06. The van der Waals surface area contributed by atoms with Crippen LogP contribution in [-0.4, -0.2) is 54.3 Å². The molecule has 0 spiro atoms. The Balaban J connectivity index is 2.31. The lowest BCUT2D eigenvalue weighted by molar-refractivity contribution is 0.115. The molecule has 0 amide bonds. The minimum atomic E-state index is -3.65. The Hall–Kier alpha value is -0.960. The molecule has 1 unspecified atom stereocenters. The van der Waals surface area contributed by atoms with Crippen LogP contribution in [-0.2, 0) is 21.4 Å². The number of methoxy groups -OCH3 is 1. The number of nitrogens with zero attached hydrogens (tertiary/aromatic N) is 2. The van der Waals surface area contributed by atoms with E-state index in [2.05, 4.69) is 10.2 Å². The molecule has 1 fully saturated rings. The third-order valence-corrected chi connectivity index (χ3v) is 5.06. The van der Waals surface area contributed by atoms with Gasteiger partial charge in [0.15, 0.2) is 5.03 Å². The molecule has 1 aliphatic heterocycles. The first-order valence-corrected chi connectivity index (χ1v) is 7.12. The number of aromatic nitrogens is 2. The number of aromatic amines is 1. The van der Waals surface area contributed by atoms with E-state index in [1.165, 1.54) is 4.31 Å². The zero-order valence-corrected chi connectivity index (χ0v) is 11.2. The first-order chi connectivity index (χ1) is 8.50. The van der Waals surface area contributed by atoms with Gasteiger partial charge in [-0.1, -0.05) is 0 Å². The zero-order chi connectivity index (χ0) is 13.3. The SMILES string of the molecule is COC1CCN(S(=O)(=O)c2n[nH]c(C)c2CO)C1. The molecule has 0 radical (unpaired) electrons. The van der Waals surface area contributed by atoms with Crippen molar-refractivity contribution in [2.45, 2.75) is 31.1 Å². The molecule has 0 aromatic carbocycles. The van der Waals surface area contributed by atoms with Crippen LogP contribution in [0.4, 0.5) is 0 Å². The van der Waals surface area contributed by atoms with Crippen molar-refractivity contribution in [1.82, 2.24) is 14.5 Å². The van der Waals surface area contributed by atoms with Gasteiger partial charge in [-0.25, -0.2) is 8.42 Å². The fraction of sp³-hybridized carbons (Fsp3) is 0.700. The van der Waals surface area contributed by atoms with E-state index in [1.54, 1.807) is 14.0 Å². The van der Waals surface area contributed by atoms with Crippen LogP contribution in [0, 0.1) is 6.92 Å². The van der Waals surface area contributed by atoms with Crippen molar-refractivity contribution >= 4 is 10.0 Å². The van der Waals surface area contributed by atoms with Crippen LogP contribution in [0.1, 0.15) is 17.7 Å². The molecule has 1 saturated heterocycles. The normalized spacial score (nSPS) is 21.6. The largest absolute Gasteiger partial charge is 0.392 e. The summed E-state index contributed by atoms with van der Waals surface area (Å²) in [7, 11) is -2.08. The van der Waals surface area contributed by atoms with Crippen molar-refractivity contribution in [2.24, 2.45) is 0 Å². The van der Waals surface area contributed by atoms with E-state index in [4.69, 9.17) is 4.74 Å². The minimum Gasteiger partial charge on any atom is -0.392 e. The van der Waals surface area contributed by atoms with Crippen molar-refractivity contribution in [3.8, 4) is 0 Å². The van der Waals surface area contributed by atoms with Gasteiger partial charge in [-0.15, -0.1) is 0 Å². The summed E-state index contributed by atoms with van der Waals surface area (Å²) in [5, 5.41) is 15.5. The van der Waals surface area contributed by atoms with Gasteiger partial charge in [-0.05, 0) is 13.3 Å². The number of sulfonamides is 1. The van der Waals surface area contributed by atoms with Crippen molar-refractivity contribution in [1.29, 1.82) is 0 Å². The van der Waals surface area contributed by atoms with Gasteiger partial charge >= 0.3 is 0 Å². The maximum absolute atomic E-state index is 12.4. The molecule has 0 aliphatic carbocycles. The number of ether oxygens (including phenoxy) is 1. The molecule has 7 nitrogen and oxygen atoms in total. The van der Waals surface area contributed by atoms with Crippen LogP contribution in [0.25, 0.3) is 0 Å². The highest BCUT2D eigenvalue weighted by molar-refractivity contribution is 7.89. The van der Waals surface area contributed by atoms with Crippen LogP contribution in [0.15, 0.2) is 5.03 Å². The van der Waals surface area contributed by atoms with Gasteiger partial charge in [0.1, 0.15) is 0 Å². The first kappa shape index (κ1) is 13.5. The maximum atomic E-state index is 12.4. The molecular weight excluding hydrogens is 258 g/mol. The second-order valence-electron chi connectivity index (χ2n) is 4.30. The maximum Gasteiger partial charge on any atom is 0.262 e. The molecule has 1 atom stereocenters. The summed E-state index contributed by atoms with van der Waals surface area (Å²) < 4.78 is 31.2. The van der Waals surface area contributed by atoms with E-state index in [1.807, 2.05) is 0 Å². The third kappa shape index (κ3) is 2.16. The van der Waals surface area contributed by atoms with Crippen molar-refractivity contribution in [3.63, 3.8) is 0 Å². The smallest absolute Gasteiger partial charge is 0.262 e. The van der Waals surface area contributed by atoms with Crippen LogP contribution in [0.3, 0.4) is 0 Å². The average molecular weight is 275 g/mol. The van der Waals surface area contributed by atoms with E-state index >= 15 is 0 Å². The summed E-state index contributed by atoms with van der Waals surface area (Å²) in [5.74, 6) is 0. The molecule has 2 N–H and O–H groups in total. The predicted octanol–water partition coefficient (Wildman–Crippen LogP) is -0.380. The highest BCUT2D eigenvalue weighted by atomic mass is 32.2. The Morgan fingerprint density at radius 3 is 2.89 bits per heavy atom. The highest BCUT2D eigenvalue weighted by Gasteiger charge is 2.35. The van der Waals surface area contributed by atoms with Gasteiger partial charge in [0.05, 0.1) is 12.7 Å². The molecule has 2 heterocycles. The first-order valence-electron chi connectivity index (χ1n) is 5.68. The molecule has 102 valence electrons. The number of rotatable bonds is 4. The fourth-order valence-corrected chi connectivity index (χ4v) is 3.70. The number of H-pyrrole nitrogens is 1. The second kappa shape index (κ2) is 4.96. The van der Waals surface area contributed by atoms with E-state index in [0.717, 1.165) is 0 Å². The molecule has 8 heteroatoms. The molecule has 18 heavy (non-hydrogen) atoms. The molecule has 1 aromatic rings. The monoisotopic (exact) mass is 275 g/mol. The summed E-state index contributed by atoms with van der Waals surface area (Å²) in [6.07, 6.45) is 0.602. The molecule has 1 aliphatic rings. The van der Waals surface area contributed by atoms with Gasteiger partial charge in [-0.2, -0.15) is 9.40 Å². The van der Waals surface area contributed by atoms with Gasteiger partial charge < -0.3 is 9.84 Å².